The lowest BCUT2D eigenvalue weighted by molar-refractivity contribution is -0.130. The van der Waals surface area contributed by atoms with E-state index in [0.29, 0.717) is 11.5 Å². The van der Waals surface area contributed by atoms with Crippen LogP contribution in [0.5, 0.6) is 0 Å². The van der Waals surface area contributed by atoms with Crippen LogP contribution in [0, 0.1) is 5.92 Å². The van der Waals surface area contributed by atoms with Crippen LogP contribution in [0.25, 0.3) is 0 Å². The van der Waals surface area contributed by atoms with Gasteiger partial charge in [-0.15, -0.1) is 0 Å². The summed E-state index contributed by atoms with van der Waals surface area (Å²) in [5.74, 6) is 0.488. The van der Waals surface area contributed by atoms with Gasteiger partial charge in [0.1, 0.15) is 0 Å². The molecule has 0 N–H and O–H groups in total. The molecule has 0 fully saturated rings. The third-order valence-electron chi connectivity index (χ3n) is 3.04. The highest BCUT2D eigenvalue weighted by Gasteiger charge is 2.30. The summed E-state index contributed by atoms with van der Waals surface area (Å²) in [6, 6.07) is 1.07. The predicted molar refractivity (Wildman–Crippen MR) is 76.5 cm³/mol. The molecular formula is C14H28O2Si. The second-order valence-corrected chi connectivity index (χ2v) is 9.68. The van der Waals surface area contributed by atoms with E-state index in [1.54, 1.807) is 6.92 Å². The Kier molecular flexibility index (Phi) is 7.44. The Morgan fingerprint density at radius 1 is 1.35 bits per heavy atom. The SMILES string of the molecule is C=C(C)C(=O)O[Si](C)(C)CC(CC)CCCC. The van der Waals surface area contributed by atoms with Crippen LogP contribution in [-0.2, 0) is 9.22 Å². The van der Waals surface area contributed by atoms with Crippen LogP contribution in [-0.4, -0.2) is 14.3 Å². The smallest absolute Gasteiger partial charge is 0.319 e. The summed E-state index contributed by atoms with van der Waals surface area (Å²) in [5.41, 5.74) is 0.507. The average molecular weight is 256 g/mol. The van der Waals surface area contributed by atoms with E-state index in [2.05, 4.69) is 33.5 Å². The summed E-state index contributed by atoms with van der Waals surface area (Å²) >= 11 is 0. The van der Waals surface area contributed by atoms with Gasteiger partial charge in [-0.2, -0.15) is 0 Å². The van der Waals surface area contributed by atoms with Gasteiger partial charge in [0, 0.05) is 5.57 Å². The minimum atomic E-state index is -1.87. The zero-order valence-corrected chi connectivity index (χ0v) is 13.1. The van der Waals surface area contributed by atoms with Crippen molar-refractivity contribution in [3.63, 3.8) is 0 Å². The molecule has 0 aliphatic carbocycles. The summed E-state index contributed by atoms with van der Waals surface area (Å²) in [6.07, 6.45) is 4.95. The summed E-state index contributed by atoms with van der Waals surface area (Å²) in [6.45, 7) is 14.0. The lowest BCUT2D eigenvalue weighted by Crippen LogP contribution is -2.35. The first-order valence-corrected chi connectivity index (χ1v) is 9.82. The molecule has 0 heterocycles. The largest absolute Gasteiger partial charge is 0.516 e. The summed E-state index contributed by atoms with van der Waals surface area (Å²) in [5, 5.41) is 0. The Balaban J connectivity index is 4.29. The standard InChI is InChI=1S/C14H28O2Si/c1-7-9-10-13(8-2)11-17(5,6)16-14(15)12(3)4/h13H,3,7-11H2,1-2,4-6H3. The number of unbranched alkanes of at least 4 members (excludes halogenated alkanes) is 1. The van der Waals surface area contributed by atoms with Crippen molar-refractivity contribution >= 4 is 14.3 Å². The van der Waals surface area contributed by atoms with Crippen molar-refractivity contribution in [3.05, 3.63) is 12.2 Å². The number of hydrogen-bond donors (Lipinski definition) is 0. The lowest BCUT2D eigenvalue weighted by atomic mass is 10.0. The Morgan fingerprint density at radius 3 is 2.35 bits per heavy atom. The van der Waals surface area contributed by atoms with E-state index in [0.717, 1.165) is 6.04 Å². The van der Waals surface area contributed by atoms with Crippen LogP contribution in [0.15, 0.2) is 12.2 Å². The van der Waals surface area contributed by atoms with Gasteiger partial charge in [0.25, 0.3) is 0 Å². The van der Waals surface area contributed by atoms with Gasteiger partial charge in [-0.25, -0.2) is 4.79 Å². The normalized spacial score (nSPS) is 13.2. The first-order chi connectivity index (χ1) is 7.82. The van der Waals surface area contributed by atoms with Gasteiger partial charge in [-0.1, -0.05) is 46.1 Å². The molecule has 1 atom stereocenters. The molecule has 0 radical (unpaired) electrons. The Labute approximate surface area is 108 Å². The van der Waals surface area contributed by atoms with Crippen molar-refractivity contribution < 1.29 is 9.22 Å². The first kappa shape index (κ1) is 16.4. The lowest BCUT2D eigenvalue weighted by Gasteiger charge is -2.27. The van der Waals surface area contributed by atoms with Gasteiger partial charge in [0.2, 0.25) is 8.32 Å². The molecule has 0 saturated carbocycles. The van der Waals surface area contributed by atoms with E-state index in [1.165, 1.54) is 25.7 Å². The molecular weight excluding hydrogens is 228 g/mol. The van der Waals surface area contributed by atoms with E-state index in [-0.39, 0.29) is 5.97 Å². The van der Waals surface area contributed by atoms with Crippen LogP contribution < -0.4 is 0 Å². The van der Waals surface area contributed by atoms with E-state index < -0.39 is 8.32 Å². The van der Waals surface area contributed by atoms with Crippen molar-refractivity contribution in [2.24, 2.45) is 5.92 Å². The van der Waals surface area contributed by atoms with E-state index >= 15 is 0 Å². The molecule has 0 aromatic rings. The van der Waals surface area contributed by atoms with E-state index in [9.17, 15) is 4.79 Å². The molecule has 3 heteroatoms. The Morgan fingerprint density at radius 2 is 1.94 bits per heavy atom. The second-order valence-electron chi connectivity index (χ2n) is 5.55. The summed E-state index contributed by atoms with van der Waals surface area (Å²) in [4.78, 5) is 11.6. The van der Waals surface area contributed by atoms with Gasteiger partial charge < -0.3 is 4.43 Å². The van der Waals surface area contributed by atoms with Crippen molar-refractivity contribution in [2.75, 3.05) is 0 Å². The van der Waals surface area contributed by atoms with Gasteiger partial charge in [-0.05, 0) is 32.0 Å². The van der Waals surface area contributed by atoms with Crippen LogP contribution in [0.4, 0.5) is 0 Å². The van der Waals surface area contributed by atoms with Gasteiger partial charge in [-0.3, -0.25) is 0 Å². The van der Waals surface area contributed by atoms with Crippen molar-refractivity contribution in [1.82, 2.24) is 0 Å². The van der Waals surface area contributed by atoms with Crippen LogP contribution >= 0.6 is 0 Å². The molecule has 0 spiro atoms. The van der Waals surface area contributed by atoms with E-state index in [4.69, 9.17) is 4.43 Å². The molecule has 0 bridgehead atoms. The molecule has 1 unspecified atom stereocenters. The molecule has 100 valence electrons. The quantitative estimate of drug-likeness (QED) is 0.471. The number of carbonyl (C=O) groups is 1. The minimum absolute atomic E-state index is 0.216. The minimum Gasteiger partial charge on any atom is -0.516 e. The molecule has 0 aromatic carbocycles. The van der Waals surface area contributed by atoms with Gasteiger partial charge in [0.05, 0.1) is 0 Å². The third-order valence-corrected chi connectivity index (χ3v) is 5.34. The van der Waals surface area contributed by atoms with E-state index in [1.807, 2.05) is 0 Å². The third kappa shape index (κ3) is 7.37. The van der Waals surface area contributed by atoms with Crippen LogP contribution in [0.1, 0.15) is 46.5 Å². The molecule has 0 aliphatic rings. The average Bonchev–Trinajstić information content (AvgIpc) is 2.23. The van der Waals surface area contributed by atoms with Crippen LogP contribution in [0.2, 0.25) is 19.1 Å². The molecule has 0 amide bonds. The Hall–Kier alpha value is -0.573. The molecule has 2 nitrogen and oxygen atoms in total. The fourth-order valence-corrected chi connectivity index (χ4v) is 4.66. The first-order valence-electron chi connectivity index (χ1n) is 6.71. The predicted octanol–water partition coefficient (Wildman–Crippen LogP) is 4.53. The van der Waals surface area contributed by atoms with Crippen molar-refractivity contribution in [2.45, 2.75) is 65.6 Å². The van der Waals surface area contributed by atoms with Crippen LogP contribution in [0.3, 0.4) is 0 Å². The molecule has 0 aliphatic heterocycles. The molecule has 0 saturated heterocycles. The summed E-state index contributed by atoms with van der Waals surface area (Å²) < 4.78 is 5.61. The zero-order chi connectivity index (χ0) is 13.5. The van der Waals surface area contributed by atoms with Gasteiger partial charge >= 0.3 is 5.97 Å². The molecule has 0 rings (SSSR count). The van der Waals surface area contributed by atoms with Crippen molar-refractivity contribution in [1.29, 1.82) is 0 Å². The Bertz CT molecular complexity index is 259. The number of hydrogen-bond acceptors (Lipinski definition) is 2. The zero-order valence-electron chi connectivity index (χ0n) is 12.1. The number of rotatable bonds is 8. The highest BCUT2D eigenvalue weighted by molar-refractivity contribution is 6.72. The highest BCUT2D eigenvalue weighted by atomic mass is 28.4. The monoisotopic (exact) mass is 256 g/mol. The maximum atomic E-state index is 11.6. The maximum Gasteiger partial charge on any atom is 0.319 e. The number of carbonyl (C=O) groups excluding carboxylic acids is 1. The fourth-order valence-electron chi connectivity index (χ4n) is 2.02. The maximum absolute atomic E-state index is 11.6. The van der Waals surface area contributed by atoms with Gasteiger partial charge in [0.15, 0.2) is 0 Å². The van der Waals surface area contributed by atoms with Crippen molar-refractivity contribution in [3.8, 4) is 0 Å². The second kappa shape index (κ2) is 7.70. The fraction of sp³-hybridized carbons (Fsp3) is 0.786. The molecule has 17 heavy (non-hydrogen) atoms. The summed E-state index contributed by atoms with van der Waals surface area (Å²) in [7, 11) is -1.87. The molecule has 0 aromatic heterocycles. The highest BCUT2D eigenvalue weighted by Crippen LogP contribution is 2.25. The topological polar surface area (TPSA) is 26.3 Å².